The van der Waals surface area contributed by atoms with E-state index in [2.05, 4.69) is 4.98 Å². The molecule has 2 N–H and O–H groups in total. The fourth-order valence-electron chi connectivity index (χ4n) is 2.21. The number of pyridine rings is 1. The molecule has 0 fully saturated rings. The van der Waals surface area contributed by atoms with E-state index in [-0.39, 0.29) is 4.90 Å². The molecule has 0 saturated carbocycles. The summed E-state index contributed by atoms with van der Waals surface area (Å²) in [5, 5.41) is 0. The van der Waals surface area contributed by atoms with Gasteiger partial charge in [0.05, 0.1) is 16.8 Å². The SMILES string of the molecule is Cc1cc(N)cc(C)c1S(=O)(=O)N(C)c1cccnc1. The van der Waals surface area contributed by atoms with Crippen LogP contribution in [-0.2, 0) is 10.0 Å². The Morgan fingerprint density at radius 2 is 1.80 bits per heavy atom. The molecule has 6 heteroatoms. The predicted molar refractivity (Wildman–Crippen MR) is 80.2 cm³/mol. The van der Waals surface area contributed by atoms with E-state index in [0.29, 0.717) is 22.5 Å². The number of rotatable bonds is 3. The molecule has 0 aliphatic heterocycles. The van der Waals surface area contributed by atoms with Gasteiger partial charge in [-0.15, -0.1) is 0 Å². The Morgan fingerprint density at radius 3 is 2.30 bits per heavy atom. The van der Waals surface area contributed by atoms with E-state index >= 15 is 0 Å². The van der Waals surface area contributed by atoms with Gasteiger partial charge in [0.15, 0.2) is 0 Å². The third-order valence-electron chi connectivity index (χ3n) is 3.11. The van der Waals surface area contributed by atoms with Crippen LogP contribution in [0.3, 0.4) is 0 Å². The van der Waals surface area contributed by atoms with Crippen LogP contribution in [0.1, 0.15) is 11.1 Å². The zero-order valence-corrected chi connectivity index (χ0v) is 12.5. The maximum Gasteiger partial charge on any atom is 0.264 e. The van der Waals surface area contributed by atoms with E-state index in [1.165, 1.54) is 17.5 Å². The molecule has 1 aromatic carbocycles. The molecule has 0 radical (unpaired) electrons. The third-order valence-corrected chi connectivity index (χ3v) is 5.20. The van der Waals surface area contributed by atoms with Crippen LogP contribution in [0.5, 0.6) is 0 Å². The molecule has 0 amide bonds. The molecular formula is C14H17N3O2S. The van der Waals surface area contributed by atoms with Crippen molar-refractivity contribution in [1.82, 2.24) is 4.98 Å². The number of nitrogens with zero attached hydrogens (tertiary/aromatic N) is 2. The normalized spacial score (nSPS) is 11.3. The maximum absolute atomic E-state index is 12.7. The fraction of sp³-hybridized carbons (Fsp3) is 0.214. The minimum absolute atomic E-state index is 0.290. The van der Waals surface area contributed by atoms with Gasteiger partial charge in [0.1, 0.15) is 0 Å². The van der Waals surface area contributed by atoms with Crippen LogP contribution in [0.2, 0.25) is 0 Å². The molecule has 0 spiro atoms. The van der Waals surface area contributed by atoms with Crippen molar-refractivity contribution in [3.8, 4) is 0 Å². The second-order valence-corrected chi connectivity index (χ2v) is 6.57. The van der Waals surface area contributed by atoms with Crippen molar-refractivity contribution in [2.75, 3.05) is 17.1 Å². The smallest absolute Gasteiger partial charge is 0.264 e. The second-order valence-electron chi connectivity index (χ2n) is 4.67. The lowest BCUT2D eigenvalue weighted by Crippen LogP contribution is -2.28. The van der Waals surface area contributed by atoms with E-state index in [1.54, 1.807) is 44.3 Å². The lowest BCUT2D eigenvalue weighted by atomic mass is 10.1. The van der Waals surface area contributed by atoms with Gasteiger partial charge in [0, 0.05) is 18.9 Å². The van der Waals surface area contributed by atoms with Crippen molar-refractivity contribution in [2.45, 2.75) is 18.7 Å². The van der Waals surface area contributed by atoms with Crippen molar-refractivity contribution in [1.29, 1.82) is 0 Å². The summed E-state index contributed by atoms with van der Waals surface area (Å²) in [4.78, 5) is 4.24. The molecule has 0 unspecified atom stereocenters. The molecule has 2 aromatic rings. The average Bonchev–Trinajstić information content (AvgIpc) is 2.37. The van der Waals surface area contributed by atoms with Crippen LogP contribution in [0.25, 0.3) is 0 Å². The first kappa shape index (κ1) is 14.3. The topological polar surface area (TPSA) is 76.3 Å². The zero-order chi connectivity index (χ0) is 14.9. The standard InChI is InChI=1S/C14H17N3O2S/c1-10-7-12(15)8-11(2)14(10)20(18,19)17(3)13-5-4-6-16-9-13/h4-9H,15H2,1-3H3. The van der Waals surface area contributed by atoms with Crippen LogP contribution >= 0.6 is 0 Å². The van der Waals surface area contributed by atoms with Gasteiger partial charge in [0.25, 0.3) is 10.0 Å². The third kappa shape index (κ3) is 2.46. The molecule has 0 aliphatic carbocycles. The highest BCUT2D eigenvalue weighted by Gasteiger charge is 2.25. The van der Waals surface area contributed by atoms with E-state index < -0.39 is 10.0 Å². The van der Waals surface area contributed by atoms with Crippen LogP contribution in [-0.4, -0.2) is 20.4 Å². The summed E-state index contributed by atoms with van der Waals surface area (Å²) in [5.41, 5.74) is 8.09. The minimum Gasteiger partial charge on any atom is -0.399 e. The van der Waals surface area contributed by atoms with Crippen molar-refractivity contribution in [3.63, 3.8) is 0 Å². The molecule has 1 heterocycles. The number of benzene rings is 1. The van der Waals surface area contributed by atoms with Gasteiger partial charge in [-0.05, 0) is 49.2 Å². The zero-order valence-electron chi connectivity index (χ0n) is 11.7. The Bertz CT molecular complexity index is 704. The first-order valence-corrected chi connectivity index (χ1v) is 7.53. The van der Waals surface area contributed by atoms with Gasteiger partial charge in [-0.1, -0.05) is 0 Å². The first-order chi connectivity index (χ1) is 9.34. The summed E-state index contributed by atoms with van der Waals surface area (Å²) < 4.78 is 26.7. The summed E-state index contributed by atoms with van der Waals surface area (Å²) in [6, 6.07) is 6.73. The van der Waals surface area contributed by atoms with Gasteiger partial charge in [-0.2, -0.15) is 0 Å². The second kappa shape index (κ2) is 5.13. The Labute approximate surface area is 119 Å². The first-order valence-electron chi connectivity index (χ1n) is 6.09. The van der Waals surface area contributed by atoms with Crippen LogP contribution in [0.4, 0.5) is 11.4 Å². The van der Waals surface area contributed by atoms with Gasteiger partial charge < -0.3 is 5.73 Å². The quantitative estimate of drug-likeness (QED) is 0.879. The number of nitrogens with two attached hydrogens (primary N) is 1. The number of sulfonamides is 1. The monoisotopic (exact) mass is 291 g/mol. The molecular weight excluding hydrogens is 274 g/mol. The Kier molecular flexibility index (Phi) is 3.67. The molecule has 20 heavy (non-hydrogen) atoms. The Balaban J connectivity index is 2.57. The molecule has 0 saturated heterocycles. The van der Waals surface area contributed by atoms with Crippen molar-refractivity contribution in [2.24, 2.45) is 0 Å². The lowest BCUT2D eigenvalue weighted by molar-refractivity contribution is 0.593. The summed E-state index contributed by atoms with van der Waals surface area (Å²) >= 11 is 0. The van der Waals surface area contributed by atoms with Gasteiger partial charge in [0.2, 0.25) is 0 Å². The Hall–Kier alpha value is -2.08. The fourth-order valence-corrected chi connectivity index (χ4v) is 3.80. The highest BCUT2D eigenvalue weighted by atomic mass is 32.2. The van der Waals surface area contributed by atoms with Crippen molar-refractivity contribution in [3.05, 3.63) is 47.8 Å². The summed E-state index contributed by atoms with van der Waals surface area (Å²) in [7, 11) is -2.12. The van der Waals surface area contributed by atoms with Crippen molar-refractivity contribution >= 4 is 21.4 Å². The number of hydrogen-bond donors (Lipinski definition) is 1. The highest BCUT2D eigenvalue weighted by molar-refractivity contribution is 7.92. The van der Waals surface area contributed by atoms with Gasteiger partial charge in [-0.25, -0.2) is 8.42 Å². The van der Waals surface area contributed by atoms with E-state index in [0.717, 1.165) is 0 Å². The lowest BCUT2D eigenvalue weighted by Gasteiger charge is -2.21. The predicted octanol–water partition coefficient (Wildman–Crippen LogP) is 2.11. The summed E-state index contributed by atoms with van der Waals surface area (Å²) in [6.45, 7) is 3.49. The van der Waals surface area contributed by atoms with Gasteiger partial charge in [-0.3, -0.25) is 9.29 Å². The largest absolute Gasteiger partial charge is 0.399 e. The number of aromatic nitrogens is 1. The molecule has 0 aliphatic rings. The molecule has 1 aromatic heterocycles. The maximum atomic E-state index is 12.7. The molecule has 0 atom stereocenters. The number of hydrogen-bond acceptors (Lipinski definition) is 4. The average molecular weight is 291 g/mol. The van der Waals surface area contributed by atoms with E-state index in [9.17, 15) is 8.42 Å². The Morgan fingerprint density at radius 1 is 1.20 bits per heavy atom. The molecule has 106 valence electrons. The van der Waals surface area contributed by atoms with Crippen LogP contribution in [0.15, 0.2) is 41.6 Å². The summed E-state index contributed by atoms with van der Waals surface area (Å²) in [6.07, 6.45) is 3.11. The summed E-state index contributed by atoms with van der Waals surface area (Å²) in [5.74, 6) is 0. The number of nitrogen functional groups attached to an aromatic ring is 1. The highest BCUT2D eigenvalue weighted by Crippen LogP contribution is 2.28. The van der Waals surface area contributed by atoms with Crippen LogP contribution < -0.4 is 10.0 Å². The van der Waals surface area contributed by atoms with E-state index in [4.69, 9.17) is 5.73 Å². The molecule has 0 bridgehead atoms. The van der Waals surface area contributed by atoms with Gasteiger partial charge >= 0.3 is 0 Å². The minimum atomic E-state index is -3.63. The van der Waals surface area contributed by atoms with Crippen molar-refractivity contribution < 1.29 is 8.42 Å². The number of aryl methyl sites for hydroxylation is 2. The van der Waals surface area contributed by atoms with Crippen LogP contribution in [0, 0.1) is 13.8 Å². The number of anilines is 2. The molecule has 5 nitrogen and oxygen atoms in total. The van der Waals surface area contributed by atoms with E-state index in [1.807, 2.05) is 0 Å². The molecule has 2 rings (SSSR count).